The predicted molar refractivity (Wildman–Crippen MR) is 113 cm³/mol. The van der Waals surface area contributed by atoms with E-state index in [2.05, 4.69) is 5.32 Å². The zero-order valence-corrected chi connectivity index (χ0v) is 18.8. The summed E-state index contributed by atoms with van der Waals surface area (Å²) in [5.41, 5.74) is -0.0243. The second-order valence-electron chi connectivity index (χ2n) is 7.34. The van der Waals surface area contributed by atoms with E-state index < -0.39 is 28.5 Å². The molecule has 0 spiro atoms. The van der Waals surface area contributed by atoms with Gasteiger partial charge in [-0.2, -0.15) is 4.31 Å². The molecule has 30 heavy (non-hydrogen) atoms. The van der Waals surface area contributed by atoms with Crippen LogP contribution in [0.25, 0.3) is 0 Å². The monoisotopic (exact) mass is 440 g/mol. The van der Waals surface area contributed by atoms with E-state index in [1.54, 1.807) is 0 Å². The van der Waals surface area contributed by atoms with Gasteiger partial charge in [0, 0.05) is 19.1 Å². The summed E-state index contributed by atoms with van der Waals surface area (Å²) >= 11 is 0. The number of esters is 1. The third-order valence-electron chi connectivity index (χ3n) is 5.28. The van der Waals surface area contributed by atoms with Gasteiger partial charge in [0.1, 0.15) is 11.3 Å². The Balaban J connectivity index is 2.17. The molecule has 0 saturated carbocycles. The van der Waals surface area contributed by atoms with E-state index in [0.717, 1.165) is 38.5 Å². The van der Waals surface area contributed by atoms with E-state index in [1.165, 1.54) is 29.6 Å². The third kappa shape index (κ3) is 6.18. The van der Waals surface area contributed by atoms with Crippen LogP contribution in [0, 0.1) is 0 Å². The van der Waals surface area contributed by atoms with Crippen molar-refractivity contribution in [3.8, 4) is 5.75 Å². The summed E-state index contributed by atoms with van der Waals surface area (Å²) in [6, 6.07) is 4.15. The van der Waals surface area contributed by atoms with Gasteiger partial charge < -0.3 is 14.8 Å². The summed E-state index contributed by atoms with van der Waals surface area (Å²) in [5, 5.41) is 2.79. The fourth-order valence-corrected chi connectivity index (χ4v) is 4.95. The van der Waals surface area contributed by atoms with Crippen LogP contribution < -0.4 is 10.1 Å². The van der Waals surface area contributed by atoms with Crippen molar-refractivity contribution >= 4 is 21.9 Å². The van der Waals surface area contributed by atoms with Crippen LogP contribution in [0.4, 0.5) is 0 Å². The van der Waals surface area contributed by atoms with Crippen LogP contribution in [0.2, 0.25) is 0 Å². The Hall–Kier alpha value is -2.13. The van der Waals surface area contributed by atoms with Crippen LogP contribution in [0.3, 0.4) is 0 Å². The van der Waals surface area contributed by atoms with Crippen molar-refractivity contribution in [2.24, 2.45) is 0 Å². The maximum absolute atomic E-state index is 13.0. The molecule has 0 aliphatic carbocycles. The summed E-state index contributed by atoms with van der Waals surface area (Å²) in [5.74, 6) is -1.01. The van der Waals surface area contributed by atoms with Crippen molar-refractivity contribution in [3.05, 3.63) is 23.8 Å². The number of hydrogen-bond donors (Lipinski definition) is 1. The lowest BCUT2D eigenvalue weighted by Crippen LogP contribution is -2.37. The lowest BCUT2D eigenvalue weighted by molar-refractivity contribution is -0.125. The molecule has 1 amide bonds. The first kappa shape index (κ1) is 24.1. The minimum atomic E-state index is -3.73. The lowest BCUT2D eigenvalue weighted by atomic mass is 10.2. The smallest absolute Gasteiger partial charge is 0.342 e. The maximum atomic E-state index is 13.0. The van der Waals surface area contributed by atoms with Crippen LogP contribution in [-0.4, -0.2) is 57.4 Å². The molecule has 1 heterocycles. The van der Waals surface area contributed by atoms with Gasteiger partial charge in [-0.05, 0) is 43.9 Å². The van der Waals surface area contributed by atoms with Crippen LogP contribution in [-0.2, 0) is 19.6 Å². The van der Waals surface area contributed by atoms with Gasteiger partial charge in [0.15, 0.2) is 6.61 Å². The highest BCUT2D eigenvalue weighted by atomic mass is 32.2. The van der Waals surface area contributed by atoms with Gasteiger partial charge in [-0.3, -0.25) is 4.79 Å². The van der Waals surface area contributed by atoms with E-state index in [1.807, 2.05) is 13.8 Å². The Morgan fingerprint density at radius 1 is 1.10 bits per heavy atom. The number of amides is 1. The predicted octanol–water partition coefficient (Wildman–Crippen LogP) is 2.72. The van der Waals surface area contributed by atoms with Gasteiger partial charge in [-0.15, -0.1) is 0 Å². The van der Waals surface area contributed by atoms with Crippen molar-refractivity contribution in [2.45, 2.75) is 63.3 Å². The number of hydrogen-bond acceptors (Lipinski definition) is 6. The first-order chi connectivity index (χ1) is 14.3. The highest BCUT2D eigenvalue weighted by Crippen LogP contribution is 2.26. The normalized spacial score (nSPS) is 15.5. The van der Waals surface area contributed by atoms with Crippen LogP contribution >= 0.6 is 0 Å². The Morgan fingerprint density at radius 3 is 2.30 bits per heavy atom. The third-order valence-corrected chi connectivity index (χ3v) is 7.17. The summed E-state index contributed by atoms with van der Waals surface area (Å²) in [4.78, 5) is 24.6. The summed E-state index contributed by atoms with van der Waals surface area (Å²) in [6.07, 6.45) is 5.20. The van der Waals surface area contributed by atoms with E-state index in [0.29, 0.717) is 13.1 Å². The quantitative estimate of drug-likeness (QED) is 0.593. The number of carbonyl (C=O) groups excluding carboxylic acids is 2. The zero-order valence-electron chi connectivity index (χ0n) is 18.0. The van der Waals surface area contributed by atoms with E-state index in [4.69, 9.17) is 9.47 Å². The molecule has 1 aromatic rings. The zero-order chi connectivity index (χ0) is 22.1. The molecule has 9 heteroatoms. The highest BCUT2D eigenvalue weighted by molar-refractivity contribution is 7.89. The number of carbonyl (C=O) groups is 2. The number of rotatable bonds is 9. The molecule has 1 aromatic carbocycles. The SMILES string of the molecule is CCC(CC)NC(=O)COC(=O)c1cc(S(=O)(=O)N2CCCCCC2)ccc1OC. The first-order valence-electron chi connectivity index (χ1n) is 10.5. The van der Waals surface area contributed by atoms with Gasteiger partial charge in [0.05, 0.1) is 12.0 Å². The maximum Gasteiger partial charge on any atom is 0.342 e. The van der Waals surface area contributed by atoms with Crippen molar-refractivity contribution in [3.63, 3.8) is 0 Å². The minimum Gasteiger partial charge on any atom is -0.496 e. The fraction of sp³-hybridized carbons (Fsp3) is 0.619. The molecule has 1 saturated heterocycles. The van der Waals surface area contributed by atoms with Gasteiger partial charge in [0.2, 0.25) is 10.0 Å². The van der Waals surface area contributed by atoms with Crippen molar-refractivity contribution in [1.82, 2.24) is 9.62 Å². The summed E-state index contributed by atoms with van der Waals surface area (Å²) in [6.45, 7) is 4.40. The Labute approximate surface area is 179 Å². The second kappa shape index (κ2) is 11.3. The largest absolute Gasteiger partial charge is 0.496 e. The standard InChI is InChI=1S/C21H32N2O6S/c1-4-16(5-2)22-20(24)15-29-21(25)18-14-17(10-11-19(18)28-3)30(26,27)23-12-8-6-7-9-13-23/h10-11,14,16H,4-9,12-13,15H2,1-3H3,(H,22,24). The number of sulfonamides is 1. The Kier molecular flexibility index (Phi) is 9.10. The molecule has 0 unspecified atom stereocenters. The number of nitrogens with zero attached hydrogens (tertiary/aromatic N) is 1. The molecule has 0 atom stereocenters. The van der Waals surface area contributed by atoms with E-state index in [-0.39, 0.29) is 22.3 Å². The molecule has 2 rings (SSSR count). The molecule has 1 aliphatic rings. The Morgan fingerprint density at radius 2 is 1.73 bits per heavy atom. The fourth-order valence-electron chi connectivity index (χ4n) is 3.41. The summed E-state index contributed by atoms with van der Waals surface area (Å²) in [7, 11) is -2.35. The first-order valence-corrected chi connectivity index (χ1v) is 11.9. The van der Waals surface area contributed by atoms with Crippen LogP contribution in [0.5, 0.6) is 5.75 Å². The van der Waals surface area contributed by atoms with Crippen LogP contribution in [0.15, 0.2) is 23.1 Å². The van der Waals surface area contributed by atoms with Gasteiger partial charge in [-0.1, -0.05) is 26.7 Å². The van der Waals surface area contributed by atoms with E-state index in [9.17, 15) is 18.0 Å². The van der Waals surface area contributed by atoms with Gasteiger partial charge >= 0.3 is 5.97 Å². The molecule has 1 N–H and O–H groups in total. The van der Waals surface area contributed by atoms with E-state index >= 15 is 0 Å². The van der Waals surface area contributed by atoms with Crippen molar-refractivity contribution in [1.29, 1.82) is 0 Å². The summed E-state index contributed by atoms with van der Waals surface area (Å²) < 4.78 is 37.8. The van der Waals surface area contributed by atoms with Gasteiger partial charge in [0.25, 0.3) is 5.91 Å². The number of nitrogens with one attached hydrogen (secondary N) is 1. The topological polar surface area (TPSA) is 102 Å². The van der Waals surface area contributed by atoms with Gasteiger partial charge in [-0.25, -0.2) is 13.2 Å². The molecule has 0 radical (unpaired) electrons. The average molecular weight is 441 g/mol. The van der Waals surface area contributed by atoms with Crippen molar-refractivity contribution in [2.75, 3.05) is 26.8 Å². The molecule has 8 nitrogen and oxygen atoms in total. The molecular formula is C21H32N2O6S. The number of benzene rings is 1. The molecular weight excluding hydrogens is 408 g/mol. The molecule has 0 aromatic heterocycles. The number of ether oxygens (including phenoxy) is 2. The molecule has 0 bridgehead atoms. The number of methoxy groups -OCH3 is 1. The average Bonchev–Trinajstić information content (AvgIpc) is 3.05. The molecule has 1 aliphatic heterocycles. The minimum absolute atomic E-state index is 0.0126. The highest BCUT2D eigenvalue weighted by Gasteiger charge is 2.27. The van der Waals surface area contributed by atoms with Crippen LogP contribution in [0.1, 0.15) is 62.7 Å². The molecule has 1 fully saturated rings. The lowest BCUT2D eigenvalue weighted by Gasteiger charge is -2.20. The van der Waals surface area contributed by atoms with Crippen molar-refractivity contribution < 1.29 is 27.5 Å². The second-order valence-corrected chi connectivity index (χ2v) is 9.28. The Bertz CT molecular complexity index is 828. The molecule has 168 valence electrons.